The maximum absolute atomic E-state index is 12.9. The summed E-state index contributed by atoms with van der Waals surface area (Å²) in [5.41, 5.74) is -0.746. The molecule has 0 saturated carbocycles. The van der Waals surface area contributed by atoms with Gasteiger partial charge in [-0.1, -0.05) is 37.7 Å². The van der Waals surface area contributed by atoms with Crippen molar-refractivity contribution >= 4 is 23.4 Å². The lowest BCUT2D eigenvalue weighted by Crippen LogP contribution is -2.17. The molecule has 1 atom stereocenters. The first kappa shape index (κ1) is 26.4. The van der Waals surface area contributed by atoms with Gasteiger partial charge in [-0.25, -0.2) is 0 Å². The molecule has 0 radical (unpaired) electrons. The van der Waals surface area contributed by atoms with E-state index in [4.69, 9.17) is 9.47 Å². The number of aromatic nitrogens is 3. The van der Waals surface area contributed by atoms with Crippen LogP contribution in [0.15, 0.2) is 53.7 Å². The van der Waals surface area contributed by atoms with Crippen molar-refractivity contribution in [3.8, 4) is 11.5 Å². The molecule has 1 N–H and O–H groups in total. The van der Waals surface area contributed by atoms with Gasteiger partial charge >= 0.3 is 6.18 Å². The molecular weight excluding hydrogens is 481 g/mol. The van der Waals surface area contributed by atoms with Crippen molar-refractivity contribution < 1.29 is 27.4 Å². The molecule has 0 spiro atoms. The molecule has 3 rings (SSSR count). The number of amides is 1. The number of rotatable bonds is 10. The van der Waals surface area contributed by atoms with Crippen LogP contribution in [-0.2, 0) is 17.5 Å². The van der Waals surface area contributed by atoms with Crippen LogP contribution >= 0.6 is 11.8 Å². The number of anilines is 1. The van der Waals surface area contributed by atoms with Crippen LogP contribution in [0.5, 0.6) is 11.5 Å². The van der Waals surface area contributed by atoms with Crippen LogP contribution in [0.4, 0.5) is 18.9 Å². The fraction of sp³-hybridized carbons (Fsp3) is 0.375. The summed E-state index contributed by atoms with van der Waals surface area (Å²) in [6.07, 6.45) is -4.91. The summed E-state index contributed by atoms with van der Waals surface area (Å²) < 4.78 is 51.9. The molecule has 2 aromatic carbocycles. The van der Waals surface area contributed by atoms with Gasteiger partial charge in [0.05, 0.1) is 18.4 Å². The van der Waals surface area contributed by atoms with Gasteiger partial charge in [-0.3, -0.25) is 4.79 Å². The van der Waals surface area contributed by atoms with Crippen molar-refractivity contribution in [2.24, 2.45) is 5.92 Å². The Morgan fingerprint density at radius 3 is 2.49 bits per heavy atom. The summed E-state index contributed by atoms with van der Waals surface area (Å²) in [6, 6.07) is 11.7. The van der Waals surface area contributed by atoms with Gasteiger partial charge in [0.1, 0.15) is 11.5 Å². The second-order valence-corrected chi connectivity index (χ2v) is 9.14. The number of methoxy groups -OCH3 is 1. The lowest BCUT2D eigenvalue weighted by atomic mass is 10.2. The number of hydrogen-bond donors (Lipinski definition) is 1. The molecule has 0 aliphatic carbocycles. The average molecular weight is 509 g/mol. The molecule has 0 bridgehead atoms. The van der Waals surface area contributed by atoms with Crippen LogP contribution in [0, 0.1) is 5.92 Å². The van der Waals surface area contributed by atoms with Gasteiger partial charge in [-0.2, -0.15) is 13.2 Å². The first-order chi connectivity index (χ1) is 16.6. The number of ether oxygens (including phenoxy) is 2. The molecule has 7 nitrogen and oxygen atoms in total. The largest absolute Gasteiger partial charge is 0.497 e. The zero-order valence-corrected chi connectivity index (χ0v) is 20.6. The van der Waals surface area contributed by atoms with Crippen molar-refractivity contribution in [1.82, 2.24) is 14.8 Å². The lowest BCUT2D eigenvalue weighted by Gasteiger charge is -2.18. The highest BCUT2D eigenvalue weighted by molar-refractivity contribution is 7.99. The molecule has 11 heteroatoms. The smallest absolute Gasteiger partial charge is 0.416 e. The van der Waals surface area contributed by atoms with Crippen LogP contribution in [-0.4, -0.2) is 33.5 Å². The number of nitrogens with one attached hydrogen (secondary N) is 1. The summed E-state index contributed by atoms with van der Waals surface area (Å²) in [6.45, 7) is 6.55. The third-order valence-corrected chi connectivity index (χ3v) is 5.78. The molecule has 0 fully saturated rings. The molecule has 3 aromatic rings. The van der Waals surface area contributed by atoms with Gasteiger partial charge in [-0.15, -0.1) is 10.2 Å². The Balaban J connectivity index is 1.70. The summed E-state index contributed by atoms with van der Waals surface area (Å²) >= 11 is 1.16. The highest BCUT2D eigenvalue weighted by atomic mass is 32.2. The Morgan fingerprint density at radius 2 is 1.80 bits per heavy atom. The fourth-order valence-corrected chi connectivity index (χ4v) is 4.03. The van der Waals surface area contributed by atoms with E-state index in [0.29, 0.717) is 29.0 Å². The van der Waals surface area contributed by atoms with Gasteiger partial charge in [0, 0.05) is 18.3 Å². The molecule has 0 saturated heterocycles. The second kappa shape index (κ2) is 11.5. The van der Waals surface area contributed by atoms with Crippen molar-refractivity contribution in [3.05, 3.63) is 59.9 Å². The Hall–Kier alpha value is -3.21. The second-order valence-electron chi connectivity index (χ2n) is 8.20. The Kier molecular flexibility index (Phi) is 8.66. The molecule has 1 heterocycles. The minimum Gasteiger partial charge on any atom is -0.497 e. The lowest BCUT2D eigenvalue weighted by molar-refractivity contribution is -0.137. The van der Waals surface area contributed by atoms with Gasteiger partial charge < -0.3 is 19.4 Å². The van der Waals surface area contributed by atoms with E-state index in [9.17, 15) is 18.0 Å². The number of carbonyl (C=O) groups is 1. The molecule has 1 unspecified atom stereocenters. The van der Waals surface area contributed by atoms with Crippen LogP contribution < -0.4 is 14.8 Å². The van der Waals surface area contributed by atoms with Gasteiger partial charge in [0.2, 0.25) is 5.91 Å². The van der Waals surface area contributed by atoms with Crippen molar-refractivity contribution in [1.29, 1.82) is 0 Å². The van der Waals surface area contributed by atoms with Gasteiger partial charge in [0.25, 0.3) is 0 Å². The van der Waals surface area contributed by atoms with Gasteiger partial charge in [-0.05, 0) is 43.2 Å². The summed E-state index contributed by atoms with van der Waals surface area (Å²) in [7, 11) is 1.58. The van der Waals surface area contributed by atoms with Crippen molar-refractivity contribution in [3.63, 3.8) is 0 Å². The SMILES string of the molecule is COc1cccc(OC(C)c2nnc(SCC(=O)Nc3cccc(C(F)(F)F)c3)n2CC(C)C)c1. The number of alkyl halides is 3. The molecule has 1 amide bonds. The van der Waals surface area contributed by atoms with Crippen molar-refractivity contribution in [2.45, 2.75) is 44.8 Å². The minimum absolute atomic E-state index is 0.0441. The maximum Gasteiger partial charge on any atom is 0.416 e. The average Bonchev–Trinajstić information content (AvgIpc) is 3.19. The number of hydrogen-bond acceptors (Lipinski definition) is 6. The number of carbonyl (C=O) groups excluding carboxylic acids is 1. The van der Waals surface area contributed by atoms with E-state index in [1.807, 2.05) is 43.5 Å². The Labute approximate surface area is 206 Å². The van der Waals surface area contributed by atoms with Crippen LogP contribution in [0.1, 0.15) is 38.3 Å². The first-order valence-corrected chi connectivity index (χ1v) is 11.9. The third-order valence-electron chi connectivity index (χ3n) is 4.82. The monoisotopic (exact) mass is 508 g/mol. The third kappa shape index (κ3) is 7.38. The zero-order chi connectivity index (χ0) is 25.6. The summed E-state index contributed by atoms with van der Waals surface area (Å²) in [5, 5.41) is 11.5. The molecular formula is C24H27F3N4O3S. The maximum atomic E-state index is 12.9. The molecule has 35 heavy (non-hydrogen) atoms. The Morgan fingerprint density at radius 1 is 1.09 bits per heavy atom. The van der Waals surface area contributed by atoms with E-state index in [1.165, 1.54) is 12.1 Å². The van der Waals surface area contributed by atoms with Crippen LogP contribution in [0.25, 0.3) is 0 Å². The van der Waals surface area contributed by atoms with E-state index in [0.717, 1.165) is 23.9 Å². The summed E-state index contributed by atoms with van der Waals surface area (Å²) in [4.78, 5) is 12.4. The fourth-order valence-electron chi connectivity index (χ4n) is 3.28. The van der Waals surface area contributed by atoms with Crippen LogP contribution in [0.3, 0.4) is 0 Å². The summed E-state index contributed by atoms with van der Waals surface area (Å²) in [5.74, 6) is 1.66. The van der Waals surface area contributed by atoms with E-state index in [-0.39, 0.29) is 17.4 Å². The number of thioether (sulfide) groups is 1. The number of halogens is 3. The molecule has 0 aliphatic heterocycles. The first-order valence-electron chi connectivity index (χ1n) is 10.9. The predicted octanol–water partition coefficient (Wildman–Crippen LogP) is 5.83. The molecule has 1 aromatic heterocycles. The van der Waals surface area contributed by atoms with E-state index >= 15 is 0 Å². The highest BCUT2D eigenvalue weighted by Crippen LogP contribution is 2.31. The van der Waals surface area contributed by atoms with Crippen molar-refractivity contribution in [2.75, 3.05) is 18.2 Å². The highest BCUT2D eigenvalue weighted by Gasteiger charge is 2.30. The van der Waals surface area contributed by atoms with Crippen LogP contribution in [0.2, 0.25) is 0 Å². The van der Waals surface area contributed by atoms with E-state index in [2.05, 4.69) is 15.5 Å². The topological polar surface area (TPSA) is 78.3 Å². The number of benzene rings is 2. The number of nitrogens with zero attached hydrogens (tertiary/aromatic N) is 3. The van der Waals surface area contributed by atoms with E-state index in [1.54, 1.807) is 13.2 Å². The Bertz CT molecular complexity index is 1150. The standard InChI is InChI=1S/C24H27F3N4O3S/c1-15(2)13-31-22(16(3)34-20-10-6-9-19(12-20)33-4)29-30-23(31)35-14-21(32)28-18-8-5-7-17(11-18)24(25,26)27/h5-12,15-16H,13-14H2,1-4H3,(H,28,32). The van der Waals surface area contributed by atoms with Gasteiger partial charge in [0.15, 0.2) is 17.1 Å². The zero-order valence-electron chi connectivity index (χ0n) is 19.8. The predicted molar refractivity (Wildman–Crippen MR) is 128 cm³/mol. The minimum atomic E-state index is -4.48. The molecule has 188 valence electrons. The molecule has 0 aliphatic rings. The normalized spacial score (nSPS) is 12.5. The van der Waals surface area contributed by atoms with E-state index < -0.39 is 23.8 Å². The quantitative estimate of drug-likeness (QED) is 0.347.